The van der Waals surface area contributed by atoms with E-state index in [1.54, 1.807) is 27.9 Å². The van der Waals surface area contributed by atoms with Crippen LogP contribution in [-0.2, 0) is 28.5 Å². The second-order valence-corrected chi connectivity index (χ2v) is 15.7. The molecule has 0 aromatic carbocycles. The number of ketones is 1. The van der Waals surface area contributed by atoms with Crippen LogP contribution in [0.2, 0.25) is 0 Å². The SMILES string of the molecule is CO[C@]1(C)C[C@@H](C)CN(C)[C@H](C2CCN(C(C)C)CC2)[C@H](C)OC(=O)C(C)(C)C(=O)[C@H](C)[C@H]1O[C@@H]1O[C@H](C)C[C@H](N(C)C)[C@H]1O. The van der Waals surface area contributed by atoms with E-state index in [9.17, 15) is 14.7 Å². The summed E-state index contributed by atoms with van der Waals surface area (Å²) in [7, 11) is 7.65. The molecular formula is C35H65N3O7. The average molecular weight is 640 g/mol. The first-order valence-electron chi connectivity index (χ1n) is 17.2. The Hall–Kier alpha value is -1.14. The largest absolute Gasteiger partial charge is 0.460 e. The molecule has 3 saturated heterocycles. The zero-order chi connectivity index (χ0) is 34.0. The predicted molar refractivity (Wildman–Crippen MR) is 176 cm³/mol. The maximum Gasteiger partial charge on any atom is 0.319 e. The molecule has 0 aromatic rings. The highest BCUT2D eigenvalue weighted by atomic mass is 16.7. The lowest BCUT2D eigenvalue weighted by molar-refractivity contribution is -0.295. The first-order chi connectivity index (χ1) is 20.8. The Morgan fingerprint density at radius 1 is 1.04 bits per heavy atom. The summed E-state index contributed by atoms with van der Waals surface area (Å²) in [6.45, 7) is 20.5. The molecule has 0 aromatic heterocycles. The van der Waals surface area contributed by atoms with Crippen molar-refractivity contribution in [3.05, 3.63) is 0 Å². The summed E-state index contributed by atoms with van der Waals surface area (Å²) in [5, 5.41) is 11.3. The van der Waals surface area contributed by atoms with Gasteiger partial charge in [-0.15, -0.1) is 0 Å². The zero-order valence-electron chi connectivity index (χ0n) is 30.5. The minimum Gasteiger partial charge on any atom is -0.460 e. The van der Waals surface area contributed by atoms with Crippen molar-refractivity contribution in [1.29, 1.82) is 0 Å². The number of ether oxygens (including phenoxy) is 4. The molecular weight excluding hydrogens is 574 g/mol. The Kier molecular flexibility index (Phi) is 13.1. The number of likely N-dealkylation sites (tertiary alicyclic amines) is 1. The number of hydrogen-bond donors (Lipinski definition) is 1. The Bertz CT molecular complexity index is 984. The quantitative estimate of drug-likeness (QED) is 0.341. The van der Waals surface area contributed by atoms with E-state index in [1.807, 2.05) is 39.8 Å². The van der Waals surface area contributed by atoms with Gasteiger partial charge in [-0.25, -0.2) is 0 Å². The number of esters is 1. The van der Waals surface area contributed by atoms with Crippen LogP contribution in [0.15, 0.2) is 0 Å². The fourth-order valence-electron chi connectivity index (χ4n) is 8.35. The van der Waals surface area contributed by atoms with Gasteiger partial charge in [-0.05, 0) is 120 Å². The van der Waals surface area contributed by atoms with E-state index in [0.29, 0.717) is 24.8 Å². The fourth-order valence-corrected chi connectivity index (χ4v) is 8.35. The molecule has 1 N–H and O–H groups in total. The molecule has 3 fully saturated rings. The number of methoxy groups -OCH3 is 1. The molecule has 10 atom stereocenters. The molecule has 0 bridgehead atoms. The number of hydrogen-bond acceptors (Lipinski definition) is 10. The number of nitrogens with zero attached hydrogens (tertiary/aromatic N) is 3. The summed E-state index contributed by atoms with van der Waals surface area (Å²) < 4.78 is 25.3. The van der Waals surface area contributed by atoms with Crippen LogP contribution in [0.3, 0.4) is 0 Å². The predicted octanol–water partition coefficient (Wildman–Crippen LogP) is 3.83. The summed E-state index contributed by atoms with van der Waals surface area (Å²) in [4.78, 5) is 35.1. The molecule has 0 spiro atoms. The Morgan fingerprint density at radius 3 is 2.18 bits per heavy atom. The van der Waals surface area contributed by atoms with E-state index in [2.05, 4.69) is 37.6 Å². The third kappa shape index (κ3) is 8.67. The number of piperidine rings is 1. The van der Waals surface area contributed by atoms with Crippen LogP contribution < -0.4 is 0 Å². The van der Waals surface area contributed by atoms with Gasteiger partial charge in [0.05, 0.1) is 17.8 Å². The van der Waals surface area contributed by atoms with Crippen molar-refractivity contribution in [2.75, 3.05) is 47.9 Å². The number of carbonyl (C=O) groups excluding carboxylic acids is 2. The van der Waals surface area contributed by atoms with Crippen molar-refractivity contribution < 1.29 is 33.6 Å². The molecule has 0 radical (unpaired) electrons. The van der Waals surface area contributed by atoms with Gasteiger partial charge in [-0.1, -0.05) is 13.8 Å². The van der Waals surface area contributed by atoms with Gasteiger partial charge < -0.3 is 33.9 Å². The topological polar surface area (TPSA) is 101 Å². The molecule has 3 heterocycles. The van der Waals surface area contributed by atoms with Gasteiger partial charge in [0, 0.05) is 37.7 Å². The van der Waals surface area contributed by atoms with Crippen molar-refractivity contribution in [2.45, 2.75) is 142 Å². The van der Waals surface area contributed by atoms with Crippen molar-refractivity contribution in [2.24, 2.45) is 23.2 Å². The van der Waals surface area contributed by atoms with Crippen LogP contribution in [0.25, 0.3) is 0 Å². The molecule has 3 rings (SSSR count). The van der Waals surface area contributed by atoms with E-state index in [4.69, 9.17) is 18.9 Å². The summed E-state index contributed by atoms with van der Waals surface area (Å²) in [6.07, 6.45) is 0.122. The molecule has 0 aliphatic carbocycles. The van der Waals surface area contributed by atoms with Crippen molar-refractivity contribution in [3.8, 4) is 0 Å². The maximum atomic E-state index is 14.3. The normalized spacial score (nSPS) is 40.6. The lowest BCUT2D eigenvalue weighted by Gasteiger charge is -2.47. The van der Waals surface area contributed by atoms with Crippen LogP contribution in [0.1, 0.15) is 88.0 Å². The van der Waals surface area contributed by atoms with Crippen LogP contribution in [0.4, 0.5) is 0 Å². The van der Waals surface area contributed by atoms with Gasteiger partial charge in [0.15, 0.2) is 12.1 Å². The number of rotatable bonds is 6. The second-order valence-electron chi connectivity index (χ2n) is 15.7. The van der Waals surface area contributed by atoms with Crippen LogP contribution in [-0.4, -0.2) is 134 Å². The maximum absolute atomic E-state index is 14.3. The fraction of sp³-hybridized carbons (Fsp3) is 0.943. The third-order valence-corrected chi connectivity index (χ3v) is 11.0. The minimum absolute atomic E-state index is 0.0193. The van der Waals surface area contributed by atoms with Gasteiger partial charge in [-0.3, -0.25) is 14.5 Å². The van der Waals surface area contributed by atoms with Crippen molar-refractivity contribution >= 4 is 11.8 Å². The van der Waals surface area contributed by atoms with Crippen LogP contribution in [0, 0.1) is 23.2 Å². The number of Topliss-reactive ketones (excluding diaryl/α,β-unsaturated/α-hetero) is 1. The molecule has 10 nitrogen and oxygen atoms in total. The van der Waals surface area contributed by atoms with Crippen molar-refractivity contribution in [1.82, 2.24) is 14.7 Å². The molecule has 262 valence electrons. The number of carbonyl (C=O) groups is 2. The van der Waals surface area contributed by atoms with Gasteiger partial charge in [0.2, 0.25) is 0 Å². The minimum atomic E-state index is -1.42. The van der Waals surface area contributed by atoms with Gasteiger partial charge in [0.1, 0.15) is 17.6 Å². The third-order valence-electron chi connectivity index (χ3n) is 11.0. The number of likely N-dealkylation sites (N-methyl/N-ethyl adjacent to an activating group) is 2. The van der Waals surface area contributed by atoms with Crippen LogP contribution >= 0.6 is 0 Å². The smallest absolute Gasteiger partial charge is 0.319 e. The highest BCUT2D eigenvalue weighted by Gasteiger charge is 2.52. The molecule has 45 heavy (non-hydrogen) atoms. The molecule has 3 aliphatic rings. The average Bonchev–Trinajstić information content (AvgIpc) is 2.96. The zero-order valence-corrected chi connectivity index (χ0v) is 30.5. The van der Waals surface area contributed by atoms with Gasteiger partial charge >= 0.3 is 5.97 Å². The summed E-state index contributed by atoms with van der Waals surface area (Å²) in [5.74, 6) is -1.03. The Morgan fingerprint density at radius 2 is 1.64 bits per heavy atom. The highest BCUT2D eigenvalue weighted by molar-refractivity contribution is 6.04. The number of aliphatic hydroxyl groups is 1. The van der Waals surface area contributed by atoms with Crippen LogP contribution in [0.5, 0.6) is 0 Å². The Labute approximate surface area is 273 Å². The first kappa shape index (κ1) is 38.3. The molecule has 0 saturated carbocycles. The molecule has 3 aliphatic heterocycles. The highest BCUT2D eigenvalue weighted by Crippen LogP contribution is 2.39. The molecule has 0 amide bonds. The first-order valence-corrected chi connectivity index (χ1v) is 17.2. The second kappa shape index (κ2) is 15.4. The molecule has 10 heteroatoms. The van der Waals surface area contributed by atoms with E-state index < -0.39 is 41.4 Å². The lowest BCUT2D eigenvalue weighted by atomic mass is 9.74. The number of aliphatic hydroxyl groups excluding tert-OH is 1. The summed E-state index contributed by atoms with van der Waals surface area (Å²) >= 11 is 0. The molecule has 0 unspecified atom stereocenters. The van der Waals surface area contributed by atoms with E-state index in [1.165, 1.54) is 0 Å². The van der Waals surface area contributed by atoms with E-state index >= 15 is 0 Å². The van der Waals surface area contributed by atoms with E-state index in [0.717, 1.165) is 32.5 Å². The lowest BCUT2D eigenvalue weighted by Crippen LogP contribution is -2.59. The monoisotopic (exact) mass is 639 g/mol. The summed E-state index contributed by atoms with van der Waals surface area (Å²) in [5.41, 5.74) is -2.33. The standard InChI is InChI=1S/C35H65N3O7/c1-21(2)38-16-14-26(15-17-38)28-25(6)44-33(41)34(7,8)30(40)24(5)31(35(9,42-13)19-22(3)20-37(28)12)45-32-29(39)27(36(10)11)18-23(4)43-32/h21-29,31-32,39H,14-20H2,1-13H3/t22-,23-,24+,25+,27+,28+,29-,31-,32+,35-/m1/s1. The van der Waals surface area contributed by atoms with Crippen molar-refractivity contribution in [3.63, 3.8) is 0 Å². The summed E-state index contributed by atoms with van der Waals surface area (Å²) in [6, 6.07) is 0.357. The van der Waals surface area contributed by atoms with Gasteiger partial charge in [-0.2, -0.15) is 0 Å². The number of cyclic esters (lactones) is 1. The Balaban J connectivity index is 2.00. The van der Waals surface area contributed by atoms with Gasteiger partial charge in [0.25, 0.3) is 0 Å². The van der Waals surface area contributed by atoms with E-state index in [-0.39, 0.29) is 36.0 Å².